The molecule has 1 saturated carbocycles. The molecule has 1 aromatic heterocycles. The minimum Gasteiger partial charge on any atom is -0.493 e. The second kappa shape index (κ2) is 12.3. The van der Waals surface area contributed by atoms with E-state index in [0.717, 1.165) is 70.1 Å². The van der Waals surface area contributed by atoms with E-state index >= 15 is 0 Å². The van der Waals surface area contributed by atoms with E-state index in [2.05, 4.69) is 29.0 Å². The summed E-state index contributed by atoms with van der Waals surface area (Å²) in [6.45, 7) is 8.13. The van der Waals surface area contributed by atoms with Crippen molar-refractivity contribution >= 4 is 23.5 Å². The predicted octanol–water partition coefficient (Wildman–Crippen LogP) is 5.70. The number of carbonyl (C=O) groups is 1. The van der Waals surface area contributed by atoms with E-state index in [1.807, 2.05) is 30.3 Å². The second-order valence-electron chi connectivity index (χ2n) is 8.46. The van der Waals surface area contributed by atoms with Gasteiger partial charge in [-0.15, -0.1) is 0 Å². The Bertz CT molecular complexity index is 875. The molecule has 2 aromatic rings. The summed E-state index contributed by atoms with van der Waals surface area (Å²) in [4.78, 5) is 18.6. The molecular formula is C26H36N4O2. The number of aldehydes is 1. The molecule has 0 unspecified atom stereocenters. The van der Waals surface area contributed by atoms with Gasteiger partial charge in [-0.25, -0.2) is 4.98 Å². The minimum atomic E-state index is 0.224. The Kier molecular flexibility index (Phi) is 9.23. The van der Waals surface area contributed by atoms with Crippen LogP contribution in [-0.2, 0) is 0 Å². The highest BCUT2D eigenvalue weighted by molar-refractivity contribution is 6.07. The van der Waals surface area contributed by atoms with Crippen molar-refractivity contribution in [3.63, 3.8) is 0 Å². The largest absolute Gasteiger partial charge is 0.493 e. The van der Waals surface area contributed by atoms with Crippen LogP contribution in [0.25, 0.3) is 0 Å². The average Bonchev–Trinajstić information content (AvgIpc) is 2.76. The molecule has 3 rings (SSSR count). The Morgan fingerprint density at radius 3 is 2.50 bits per heavy atom. The van der Waals surface area contributed by atoms with Crippen molar-refractivity contribution in [2.24, 2.45) is 5.92 Å². The molecule has 6 nitrogen and oxygen atoms in total. The van der Waals surface area contributed by atoms with Gasteiger partial charge in [0.05, 0.1) is 12.2 Å². The van der Waals surface area contributed by atoms with Gasteiger partial charge in [-0.1, -0.05) is 38.5 Å². The lowest BCUT2D eigenvalue weighted by Crippen LogP contribution is -2.28. The monoisotopic (exact) mass is 436 g/mol. The zero-order valence-electron chi connectivity index (χ0n) is 19.4. The van der Waals surface area contributed by atoms with Crippen LogP contribution in [0.4, 0.5) is 11.5 Å². The topological polar surface area (TPSA) is 78.3 Å². The van der Waals surface area contributed by atoms with Crippen molar-refractivity contribution in [3.8, 4) is 5.75 Å². The Labute approximate surface area is 191 Å². The van der Waals surface area contributed by atoms with Crippen molar-refractivity contribution < 1.29 is 9.53 Å². The maximum atomic E-state index is 11.6. The molecule has 1 aliphatic rings. The van der Waals surface area contributed by atoms with Crippen LogP contribution in [0.15, 0.2) is 36.4 Å². The fraction of sp³-hybridized carbons (Fsp3) is 0.500. The van der Waals surface area contributed by atoms with Gasteiger partial charge in [-0.3, -0.25) is 4.79 Å². The summed E-state index contributed by atoms with van der Waals surface area (Å²) < 4.78 is 6.20. The highest BCUT2D eigenvalue weighted by Gasteiger charge is 2.28. The van der Waals surface area contributed by atoms with E-state index in [1.165, 1.54) is 0 Å². The van der Waals surface area contributed by atoms with Gasteiger partial charge in [-0.2, -0.15) is 0 Å². The van der Waals surface area contributed by atoms with Gasteiger partial charge in [0.2, 0.25) is 0 Å². The van der Waals surface area contributed by atoms with Gasteiger partial charge < -0.3 is 20.4 Å². The lowest BCUT2D eigenvalue weighted by molar-refractivity contribution is 0.111. The van der Waals surface area contributed by atoms with Crippen LogP contribution in [-0.4, -0.2) is 48.1 Å². The van der Waals surface area contributed by atoms with Crippen LogP contribution in [0.1, 0.15) is 68.4 Å². The number of nitrogens with zero attached hydrogens (tertiary/aromatic N) is 2. The summed E-state index contributed by atoms with van der Waals surface area (Å²) in [6.07, 6.45) is 7.11. The first kappa shape index (κ1) is 23.9. The van der Waals surface area contributed by atoms with E-state index in [0.29, 0.717) is 35.1 Å². The molecule has 172 valence electrons. The lowest BCUT2D eigenvalue weighted by atomic mass is 9.79. The molecule has 2 N–H and O–H groups in total. The molecule has 1 fully saturated rings. The number of carbonyl (C=O) groups excluding carboxylic acids is 1. The number of ether oxygens (including phenoxy) is 1. The van der Waals surface area contributed by atoms with Crippen molar-refractivity contribution in [2.75, 3.05) is 31.6 Å². The number of rotatable bonds is 14. The number of pyridine rings is 1. The summed E-state index contributed by atoms with van der Waals surface area (Å²) in [6, 6.07) is 11.4. The van der Waals surface area contributed by atoms with E-state index < -0.39 is 0 Å². The van der Waals surface area contributed by atoms with Gasteiger partial charge in [0, 0.05) is 29.9 Å². The summed E-state index contributed by atoms with van der Waals surface area (Å²) in [7, 11) is 0. The van der Waals surface area contributed by atoms with Crippen LogP contribution in [0.5, 0.6) is 5.75 Å². The Morgan fingerprint density at radius 2 is 1.91 bits per heavy atom. The Balaban J connectivity index is 1.81. The van der Waals surface area contributed by atoms with Gasteiger partial charge in [0.1, 0.15) is 17.3 Å². The van der Waals surface area contributed by atoms with Gasteiger partial charge in [0.25, 0.3) is 0 Å². The molecule has 0 spiro atoms. The van der Waals surface area contributed by atoms with E-state index in [4.69, 9.17) is 10.1 Å². The zero-order valence-corrected chi connectivity index (χ0v) is 19.4. The Hall–Kier alpha value is -2.73. The zero-order chi connectivity index (χ0) is 22.8. The summed E-state index contributed by atoms with van der Waals surface area (Å²) >= 11 is 0. The number of aromatic nitrogens is 1. The first-order chi connectivity index (χ1) is 15.7. The SMILES string of the molecule is CCCN(CCC)CCCOc1cc(C=O)nc(Nc2ccccc2)c1C(=N)C1CCC1. The molecule has 1 aliphatic carbocycles. The normalized spacial score (nSPS) is 13.6. The molecular weight excluding hydrogens is 400 g/mol. The number of hydrogen-bond donors (Lipinski definition) is 2. The average molecular weight is 437 g/mol. The standard InChI is InChI=1S/C26H36N4O2/c1-3-14-30(15-4-2)16-9-17-32-23-18-22(19-31)29-26(28-21-12-6-5-7-13-21)24(23)25(27)20-10-8-11-20/h5-7,12-13,18-20,27H,3-4,8-11,14-17H2,1-2H3,(H,28,29). The second-order valence-corrected chi connectivity index (χ2v) is 8.46. The summed E-state index contributed by atoms with van der Waals surface area (Å²) in [5.74, 6) is 1.32. The molecule has 0 atom stereocenters. The first-order valence-corrected chi connectivity index (χ1v) is 11.9. The smallest absolute Gasteiger partial charge is 0.168 e. The Morgan fingerprint density at radius 1 is 1.19 bits per heavy atom. The molecule has 0 bridgehead atoms. The quantitative estimate of drug-likeness (QED) is 0.226. The highest BCUT2D eigenvalue weighted by atomic mass is 16.5. The molecule has 0 aliphatic heterocycles. The van der Waals surface area contributed by atoms with Crippen LogP contribution in [0, 0.1) is 11.3 Å². The van der Waals surface area contributed by atoms with Gasteiger partial charge in [0.15, 0.2) is 6.29 Å². The third kappa shape index (κ3) is 6.39. The van der Waals surface area contributed by atoms with Gasteiger partial charge >= 0.3 is 0 Å². The van der Waals surface area contributed by atoms with Crippen LogP contribution in [0.3, 0.4) is 0 Å². The van der Waals surface area contributed by atoms with Crippen molar-refractivity contribution in [3.05, 3.63) is 47.7 Å². The third-order valence-corrected chi connectivity index (χ3v) is 5.90. The fourth-order valence-electron chi connectivity index (χ4n) is 4.06. The van der Waals surface area contributed by atoms with Crippen molar-refractivity contribution in [2.45, 2.75) is 52.4 Å². The number of hydrogen-bond acceptors (Lipinski definition) is 6. The van der Waals surface area contributed by atoms with Crippen molar-refractivity contribution in [1.29, 1.82) is 5.41 Å². The number of anilines is 2. The molecule has 0 radical (unpaired) electrons. The fourth-order valence-corrected chi connectivity index (χ4v) is 4.06. The van der Waals surface area contributed by atoms with Crippen LogP contribution < -0.4 is 10.1 Å². The third-order valence-electron chi connectivity index (χ3n) is 5.90. The summed E-state index contributed by atoms with van der Waals surface area (Å²) in [5.41, 5.74) is 2.41. The summed E-state index contributed by atoms with van der Waals surface area (Å²) in [5, 5.41) is 12.2. The predicted molar refractivity (Wildman–Crippen MR) is 131 cm³/mol. The molecule has 1 aromatic carbocycles. The van der Waals surface area contributed by atoms with Gasteiger partial charge in [-0.05, 0) is 57.3 Å². The molecule has 32 heavy (non-hydrogen) atoms. The molecule has 6 heteroatoms. The number of benzene rings is 1. The maximum absolute atomic E-state index is 11.6. The van der Waals surface area contributed by atoms with E-state index in [-0.39, 0.29) is 5.92 Å². The first-order valence-electron chi connectivity index (χ1n) is 11.9. The lowest BCUT2D eigenvalue weighted by Gasteiger charge is -2.28. The van der Waals surface area contributed by atoms with Crippen molar-refractivity contribution in [1.82, 2.24) is 9.88 Å². The number of nitrogens with one attached hydrogen (secondary N) is 2. The van der Waals surface area contributed by atoms with Crippen LogP contribution in [0.2, 0.25) is 0 Å². The van der Waals surface area contributed by atoms with E-state index in [1.54, 1.807) is 6.07 Å². The highest BCUT2D eigenvalue weighted by Crippen LogP contribution is 2.36. The van der Waals surface area contributed by atoms with Crippen LogP contribution >= 0.6 is 0 Å². The molecule has 0 amide bonds. The molecule has 0 saturated heterocycles. The maximum Gasteiger partial charge on any atom is 0.168 e. The van der Waals surface area contributed by atoms with E-state index in [9.17, 15) is 4.79 Å². The molecule has 1 heterocycles. The minimum absolute atomic E-state index is 0.224. The number of para-hydroxylation sites is 1.